The lowest BCUT2D eigenvalue weighted by molar-refractivity contribution is -0.109. The smallest absolute Gasteiger partial charge is 0.207 e. The maximum Gasteiger partial charge on any atom is 0.207 e. The molecule has 0 aliphatic rings. The van der Waals surface area contributed by atoms with Crippen molar-refractivity contribution in [1.82, 2.24) is 0 Å². The first-order chi connectivity index (χ1) is 6.97. The summed E-state index contributed by atoms with van der Waals surface area (Å²) < 4.78 is 51.2. The molecule has 0 saturated carbocycles. The Morgan fingerprint density at radius 3 is 2.07 bits per heavy atom. The van der Waals surface area contributed by atoms with Crippen molar-refractivity contribution in [2.75, 3.05) is 6.54 Å². The highest BCUT2D eigenvalue weighted by Gasteiger charge is 2.21. The van der Waals surface area contributed by atoms with E-state index in [0.717, 1.165) is 0 Å². The molecule has 0 fully saturated rings. The zero-order chi connectivity index (χ0) is 11.6. The van der Waals surface area contributed by atoms with E-state index < -0.39 is 39.8 Å². The molecule has 7 heteroatoms. The van der Waals surface area contributed by atoms with Gasteiger partial charge in [0.05, 0.1) is 11.4 Å². The molecule has 0 aliphatic carbocycles. The first kappa shape index (κ1) is 12.0. The largest absolute Gasteiger partial charge is 0.323 e. The summed E-state index contributed by atoms with van der Waals surface area (Å²) in [5.74, 6) is -6.30. The van der Waals surface area contributed by atoms with Gasteiger partial charge in [0.25, 0.3) is 0 Å². The van der Waals surface area contributed by atoms with Gasteiger partial charge in [-0.3, -0.25) is 4.79 Å². The molecular weight excluding hydrogens is 234 g/mol. The summed E-state index contributed by atoms with van der Waals surface area (Å²) in [4.78, 5) is 9.76. The average molecular weight is 239 g/mol. The normalized spacial score (nSPS) is 10.5. The van der Waals surface area contributed by atoms with Gasteiger partial charge in [-0.25, -0.2) is 17.6 Å². The van der Waals surface area contributed by atoms with Crippen LogP contribution in [0.15, 0.2) is 11.0 Å². The third-order valence-electron chi connectivity index (χ3n) is 1.45. The molecule has 1 aromatic carbocycles. The third-order valence-corrected chi connectivity index (χ3v) is 2.41. The number of thioether (sulfide) groups is 1. The van der Waals surface area contributed by atoms with Gasteiger partial charge < -0.3 is 5.73 Å². The summed E-state index contributed by atoms with van der Waals surface area (Å²) in [7, 11) is 0. The summed E-state index contributed by atoms with van der Waals surface area (Å²) in [6.45, 7) is -0.484. The Hall–Kier alpha value is -1.08. The number of halogens is 4. The third kappa shape index (κ3) is 2.48. The SMILES string of the molecule is NCC(=O)Sc1c(F)c(F)cc(F)c1F. The molecule has 2 nitrogen and oxygen atoms in total. The maximum atomic E-state index is 12.9. The molecule has 2 N–H and O–H groups in total. The highest BCUT2D eigenvalue weighted by molar-refractivity contribution is 8.13. The number of hydrogen-bond acceptors (Lipinski definition) is 3. The molecule has 82 valence electrons. The molecule has 0 spiro atoms. The fourth-order valence-electron chi connectivity index (χ4n) is 0.796. The lowest BCUT2D eigenvalue weighted by Crippen LogP contribution is -2.10. The number of benzene rings is 1. The minimum atomic E-state index is -1.60. The highest BCUT2D eigenvalue weighted by Crippen LogP contribution is 2.28. The van der Waals surface area contributed by atoms with E-state index in [4.69, 9.17) is 5.73 Å². The first-order valence-corrected chi connectivity index (χ1v) is 4.52. The van der Waals surface area contributed by atoms with Crippen LogP contribution in [0.25, 0.3) is 0 Å². The van der Waals surface area contributed by atoms with Gasteiger partial charge in [-0.1, -0.05) is 0 Å². The predicted molar refractivity (Wildman–Crippen MR) is 46.2 cm³/mol. The van der Waals surface area contributed by atoms with Gasteiger partial charge in [0.1, 0.15) is 0 Å². The van der Waals surface area contributed by atoms with Crippen LogP contribution in [-0.2, 0) is 4.79 Å². The van der Waals surface area contributed by atoms with Gasteiger partial charge in [-0.15, -0.1) is 0 Å². The van der Waals surface area contributed by atoms with Crippen LogP contribution in [0.5, 0.6) is 0 Å². The van der Waals surface area contributed by atoms with Gasteiger partial charge in [-0.2, -0.15) is 0 Å². The summed E-state index contributed by atoms with van der Waals surface area (Å²) in [5, 5.41) is -0.794. The van der Waals surface area contributed by atoms with Crippen LogP contribution < -0.4 is 5.73 Å². The van der Waals surface area contributed by atoms with Crippen LogP contribution in [0.3, 0.4) is 0 Å². The van der Waals surface area contributed by atoms with Gasteiger partial charge in [0.2, 0.25) is 5.12 Å². The quantitative estimate of drug-likeness (QED) is 0.486. The Morgan fingerprint density at radius 1 is 1.20 bits per heavy atom. The van der Waals surface area contributed by atoms with E-state index in [-0.39, 0.29) is 17.8 Å². The molecule has 0 unspecified atom stereocenters. The van der Waals surface area contributed by atoms with Gasteiger partial charge in [0, 0.05) is 6.07 Å². The summed E-state index contributed by atoms with van der Waals surface area (Å²) in [6.07, 6.45) is 0. The van der Waals surface area contributed by atoms with Crippen molar-refractivity contribution in [3.63, 3.8) is 0 Å². The van der Waals surface area contributed by atoms with E-state index in [0.29, 0.717) is 0 Å². The second-order valence-corrected chi connectivity index (χ2v) is 3.54. The molecule has 0 aromatic heterocycles. The van der Waals surface area contributed by atoms with Crippen molar-refractivity contribution in [2.24, 2.45) is 5.73 Å². The Bertz CT molecular complexity index is 384. The van der Waals surface area contributed by atoms with Gasteiger partial charge >= 0.3 is 0 Å². The maximum absolute atomic E-state index is 12.9. The second-order valence-electron chi connectivity index (χ2n) is 2.48. The summed E-state index contributed by atoms with van der Waals surface area (Å²) in [5.41, 5.74) is 4.89. The average Bonchev–Trinajstić information content (AvgIpc) is 2.21. The second kappa shape index (κ2) is 4.63. The van der Waals surface area contributed by atoms with Crippen LogP contribution in [0.2, 0.25) is 0 Å². The predicted octanol–water partition coefficient (Wildman–Crippen LogP) is 1.82. The van der Waals surface area contributed by atoms with Crippen LogP contribution in [0.1, 0.15) is 0 Å². The molecule has 0 bridgehead atoms. The Labute approximate surface area is 86.4 Å². The van der Waals surface area contributed by atoms with E-state index >= 15 is 0 Å². The fourth-order valence-corrected chi connectivity index (χ4v) is 1.48. The van der Waals surface area contributed by atoms with E-state index in [1.165, 1.54) is 0 Å². The van der Waals surface area contributed by atoms with E-state index in [2.05, 4.69) is 0 Å². The van der Waals surface area contributed by atoms with E-state index in [1.807, 2.05) is 0 Å². The number of hydrogen-bond donors (Lipinski definition) is 1. The Morgan fingerprint density at radius 2 is 1.67 bits per heavy atom. The van der Waals surface area contributed by atoms with Crippen LogP contribution in [0.4, 0.5) is 17.6 Å². The Balaban J connectivity index is 3.21. The molecule has 1 rings (SSSR count). The van der Waals surface area contributed by atoms with Crippen molar-refractivity contribution in [2.45, 2.75) is 4.90 Å². The topological polar surface area (TPSA) is 43.1 Å². The first-order valence-electron chi connectivity index (χ1n) is 3.71. The van der Waals surface area contributed by atoms with Gasteiger partial charge in [0.15, 0.2) is 23.3 Å². The molecule has 0 amide bonds. The van der Waals surface area contributed by atoms with Gasteiger partial charge in [-0.05, 0) is 11.8 Å². The number of carbonyl (C=O) groups excluding carboxylic acids is 1. The Kier molecular flexibility index (Phi) is 3.70. The minimum absolute atomic E-state index is 0.0312. The van der Waals surface area contributed by atoms with E-state index in [9.17, 15) is 22.4 Å². The van der Waals surface area contributed by atoms with Crippen molar-refractivity contribution >= 4 is 16.9 Å². The molecule has 0 aliphatic heterocycles. The fraction of sp³-hybridized carbons (Fsp3) is 0.125. The lowest BCUT2D eigenvalue weighted by Gasteiger charge is -2.04. The summed E-state index contributed by atoms with van der Waals surface area (Å²) in [6, 6.07) is 0.0711. The van der Waals surface area contributed by atoms with Crippen molar-refractivity contribution in [3.05, 3.63) is 29.3 Å². The van der Waals surface area contributed by atoms with Crippen LogP contribution >= 0.6 is 11.8 Å². The zero-order valence-corrected chi connectivity index (χ0v) is 8.01. The molecule has 0 atom stereocenters. The minimum Gasteiger partial charge on any atom is -0.323 e. The van der Waals surface area contributed by atoms with Crippen LogP contribution in [0, 0.1) is 23.3 Å². The standard InChI is InChI=1S/C8H5F4NOS/c9-3-1-4(10)7(12)8(6(3)11)15-5(14)2-13/h1H,2,13H2. The van der Waals surface area contributed by atoms with Crippen LogP contribution in [-0.4, -0.2) is 11.7 Å². The monoisotopic (exact) mass is 239 g/mol. The molecule has 0 radical (unpaired) electrons. The zero-order valence-electron chi connectivity index (χ0n) is 7.19. The molecule has 1 aromatic rings. The number of rotatable bonds is 2. The molecule has 0 saturated heterocycles. The molecule has 15 heavy (non-hydrogen) atoms. The van der Waals surface area contributed by atoms with Crippen molar-refractivity contribution in [1.29, 1.82) is 0 Å². The van der Waals surface area contributed by atoms with Crippen molar-refractivity contribution in [3.8, 4) is 0 Å². The van der Waals surface area contributed by atoms with Crippen molar-refractivity contribution < 1.29 is 22.4 Å². The number of nitrogens with two attached hydrogens (primary N) is 1. The highest BCUT2D eigenvalue weighted by atomic mass is 32.2. The molecular formula is C8H5F4NOS. The number of carbonyl (C=O) groups is 1. The molecule has 0 heterocycles. The summed E-state index contributed by atoms with van der Waals surface area (Å²) >= 11 is 0.0312. The van der Waals surface area contributed by atoms with E-state index in [1.54, 1.807) is 0 Å². The lowest BCUT2D eigenvalue weighted by atomic mass is 10.3.